The lowest BCUT2D eigenvalue weighted by atomic mass is 10.1. The standard InChI is InChI=1S/C17H24N4O/c1-2-8-19-17(22)14-20-9-11-21(12-10-20)16(13-18)15-6-4-3-5-7-15/h3-7,16H,2,8-12,14H2,1H3,(H,19,22)/t16-/m0/s1. The van der Waals surface area contributed by atoms with Gasteiger partial charge in [-0.2, -0.15) is 5.26 Å². The van der Waals surface area contributed by atoms with Gasteiger partial charge in [0.25, 0.3) is 0 Å². The number of carbonyl (C=O) groups is 1. The second-order valence-corrected chi connectivity index (χ2v) is 5.60. The second-order valence-electron chi connectivity index (χ2n) is 5.60. The molecular weight excluding hydrogens is 276 g/mol. The maximum absolute atomic E-state index is 11.7. The zero-order valence-electron chi connectivity index (χ0n) is 13.2. The van der Waals surface area contributed by atoms with Gasteiger partial charge in [0.1, 0.15) is 6.04 Å². The average Bonchev–Trinajstić information content (AvgIpc) is 2.56. The number of piperazine rings is 1. The van der Waals surface area contributed by atoms with E-state index >= 15 is 0 Å². The van der Waals surface area contributed by atoms with Crippen molar-refractivity contribution >= 4 is 5.91 Å². The SMILES string of the molecule is CCCNC(=O)CN1CCN([C@@H](C#N)c2ccccc2)CC1. The van der Waals surface area contributed by atoms with E-state index in [0.717, 1.165) is 44.7 Å². The van der Waals surface area contributed by atoms with E-state index in [1.54, 1.807) is 0 Å². The number of carbonyl (C=O) groups excluding carboxylic acids is 1. The number of hydrogen-bond acceptors (Lipinski definition) is 4. The molecule has 0 saturated carbocycles. The van der Waals surface area contributed by atoms with E-state index in [-0.39, 0.29) is 11.9 Å². The van der Waals surface area contributed by atoms with Crippen molar-refractivity contribution < 1.29 is 4.79 Å². The number of hydrogen-bond donors (Lipinski definition) is 1. The quantitative estimate of drug-likeness (QED) is 0.862. The second kappa shape index (κ2) is 8.52. The molecule has 1 aliphatic rings. The number of amides is 1. The van der Waals surface area contributed by atoms with Crippen LogP contribution in [0.4, 0.5) is 0 Å². The highest BCUT2D eigenvalue weighted by molar-refractivity contribution is 5.77. The number of benzene rings is 1. The molecule has 1 N–H and O–H groups in total. The van der Waals surface area contributed by atoms with Gasteiger partial charge in [0.15, 0.2) is 0 Å². The first-order valence-corrected chi connectivity index (χ1v) is 7.92. The fourth-order valence-corrected chi connectivity index (χ4v) is 2.71. The van der Waals surface area contributed by atoms with Gasteiger partial charge in [-0.25, -0.2) is 0 Å². The lowest BCUT2D eigenvalue weighted by Gasteiger charge is -2.36. The largest absolute Gasteiger partial charge is 0.355 e. The van der Waals surface area contributed by atoms with Crippen molar-refractivity contribution in [2.24, 2.45) is 0 Å². The van der Waals surface area contributed by atoms with Gasteiger partial charge in [-0.05, 0) is 12.0 Å². The molecule has 0 spiro atoms. The van der Waals surface area contributed by atoms with Gasteiger partial charge in [-0.3, -0.25) is 14.6 Å². The molecule has 0 bridgehead atoms. The summed E-state index contributed by atoms with van der Waals surface area (Å²) in [6.07, 6.45) is 0.959. The van der Waals surface area contributed by atoms with Crippen LogP contribution in [0.1, 0.15) is 24.9 Å². The molecule has 0 aromatic heterocycles. The summed E-state index contributed by atoms with van der Waals surface area (Å²) in [5, 5.41) is 12.4. The minimum absolute atomic E-state index is 0.0928. The first-order valence-electron chi connectivity index (χ1n) is 7.92. The van der Waals surface area contributed by atoms with E-state index in [4.69, 9.17) is 0 Å². The predicted molar refractivity (Wildman–Crippen MR) is 86.1 cm³/mol. The van der Waals surface area contributed by atoms with Gasteiger partial charge in [0.05, 0.1) is 12.6 Å². The minimum Gasteiger partial charge on any atom is -0.355 e. The molecule has 1 aromatic carbocycles. The van der Waals surface area contributed by atoms with Crippen LogP contribution in [-0.2, 0) is 4.79 Å². The van der Waals surface area contributed by atoms with Crippen molar-refractivity contribution in [2.45, 2.75) is 19.4 Å². The van der Waals surface area contributed by atoms with E-state index < -0.39 is 0 Å². The van der Waals surface area contributed by atoms with Crippen molar-refractivity contribution in [2.75, 3.05) is 39.3 Å². The summed E-state index contributed by atoms with van der Waals surface area (Å²) in [5.74, 6) is 0.0928. The molecule has 22 heavy (non-hydrogen) atoms. The van der Waals surface area contributed by atoms with Gasteiger partial charge in [-0.1, -0.05) is 37.3 Å². The van der Waals surface area contributed by atoms with Crippen LogP contribution in [0.5, 0.6) is 0 Å². The van der Waals surface area contributed by atoms with E-state index in [2.05, 4.69) is 21.2 Å². The molecule has 0 unspecified atom stereocenters. The van der Waals surface area contributed by atoms with Crippen LogP contribution in [0.3, 0.4) is 0 Å². The molecule has 5 nitrogen and oxygen atoms in total. The Hall–Kier alpha value is -1.90. The Balaban J connectivity index is 1.84. The van der Waals surface area contributed by atoms with Crippen molar-refractivity contribution in [3.63, 3.8) is 0 Å². The zero-order valence-corrected chi connectivity index (χ0v) is 13.2. The fraction of sp³-hybridized carbons (Fsp3) is 0.529. The van der Waals surface area contributed by atoms with Crippen LogP contribution in [0.15, 0.2) is 30.3 Å². The predicted octanol–water partition coefficient (Wildman–Crippen LogP) is 1.40. The van der Waals surface area contributed by atoms with Gasteiger partial charge >= 0.3 is 0 Å². The van der Waals surface area contributed by atoms with Crippen molar-refractivity contribution in [1.29, 1.82) is 5.26 Å². The number of nitriles is 1. The molecule has 5 heteroatoms. The van der Waals surface area contributed by atoms with Crippen LogP contribution in [0, 0.1) is 11.3 Å². The summed E-state index contributed by atoms with van der Waals surface area (Å²) < 4.78 is 0. The Kier molecular flexibility index (Phi) is 6.38. The molecule has 1 fully saturated rings. The average molecular weight is 300 g/mol. The molecule has 1 aromatic rings. The van der Waals surface area contributed by atoms with Crippen molar-refractivity contribution in [1.82, 2.24) is 15.1 Å². The maximum Gasteiger partial charge on any atom is 0.234 e. The zero-order chi connectivity index (χ0) is 15.8. The molecule has 1 aliphatic heterocycles. The molecule has 0 radical (unpaired) electrons. The third kappa shape index (κ3) is 4.55. The highest BCUT2D eigenvalue weighted by Gasteiger charge is 2.25. The fourth-order valence-electron chi connectivity index (χ4n) is 2.71. The summed E-state index contributed by atoms with van der Waals surface area (Å²) in [4.78, 5) is 16.1. The third-order valence-corrected chi connectivity index (χ3v) is 3.95. The molecule has 1 saturated heterocycles. The molecule has 1 atom stereocenters. The van der Waals surface area contributed by atoms with Crippen molar-refractivity contribution in [3.05, 3.63) is 35.9 Å². The third-order valence-electron chi connectivity index (χ3n) is 3.95. The van der Waals surface area contributed by atoms with E-state index in [0.29, 0.717) is 6.54 Å². The Morgan fingerprint density at radius 1 is 1.27 bits per heavy atom. The molecule has 1 heterocycles. The lowest BCUT2D eigenvalue weighted by Crippen LogP contribution is -2.50. The summed E-state index contributed by atoms with van der Waals surface area (Å²) in [7, 11) is 0. The van der Waals surface area contributed by atoms with E-state index in [9.17, 15) is 10.1 Å². The van der Waals surface area contributed by atoms with Crippen LogP contribution in [0.25, 0.3) is 0 Å². The highest BCUT2D eigenvalue weighted by Crippen LogP contribution is 2.21. The van der Waals surface area contributed by atoms with Crippen LogP contribution in [0.2, 0.25) is 0 Å². The topological polar surface area (TPSA) is 59.4 Å². The lowest BCUT2D eigenvalue weighted by molar-refractivity contribution is -0.122. The Labute approximate surface area is 132 Å². The van der Waals surface area contributed by atoms with E-state index in [1.165, 1.54) is 0 Å². The van der Waals surface area contributed by atoms with Gasteiger partial charge in [0.2, 0.25) is 5.91 Å². The molecule has 2 rings (SSSR count). The van der Waals surface area contributed by atoms with Gasteiger partial charge < -0.3 is 5.32 Å². The Morgan fingerprint density at radius 2 is 1.95 bits per heavy atom. The number of rotatable bonds is 6. The summed E-state index contributed by atoms with van der Waals surface area (Å²) in [6, 6.07) is 12.1. The summed E-state index contributed by atoms with van der Waals surface area (Å²) in [6.45, 7) is 6.52. The van der Waals surface area contributed by atoms with Gasteiger partial charge in [-0.15, -0.1) is 0 Å². The van der Waals surface area contributed by atoms with Gasteiger partial charge in [0, 0.05) is 32.7 Å². The normalized spacial score (nSPS) is 17.6. The summed E-state index contributed by atoms with van der Waals surface area (Å²) in [5.41, 5.74) is 1.04. The van der Waals surface area contributed by atoms with Crippen molar-refractivity contribution in [3.8, 4) is 6.07 Å². The Morgan fingerprint density at radius 3 is 2.55 bits per heavy atom. The van der Waals surface area contributed by atoms with Crippen LogP contribution < -0.4 is 5.32 Å². The minimum atomic E-state index is -0.197. The van der Waals surface area contributed by atoms with Crippen LogP contribution in [-0.4, -0.2) is 55.0 Å². The smallest absolute Gasteiger partial charge is 0.234 e. The first-order chi connectivity index (χ1) is 10.7. The highest BCUT2D eigenvalue weighted by atomic mass is 16.2. The molecule has 118 valence electrons. The monoisotopic (exact) mass is 300 g/mol. The summed E-state index contributed by atoms with van der Waals surface area (Å²) >= 11 is 0. The molecule has 1 amide bonds. The number of nitrogens with one attached hydrogen (secondary N) is 1. The van der Waals surface area contributed by atoms with Crippen LogP contribution >= 0.6 is 0 Å². The Bertz CT molecular complexity index is 503. The molecular formula is C17H24N4O. The van der Waals surface area contributed by atoms with E-state index in [1.807, 2.05) is 37.3 Å². The molecule has 0 aliphatic carbocycles. The first kappa shape index (κ1) is 16.5. The maximum atomic E-state index is 11.7. The number of nitrogens with zero attached hydrogens (tertiary/aromatic N) is 3.